The molecule has 9 nitrogen and oxygen atoms in total. The van der Waals surface area contributed by atoms with E-state index in [4.69, 9.17) is 0 Å². The average molecular weight is 474 g/mol. The number of nitrogens with zero attached hydrogens (tertiary/aromatic N) is 4. The molecule has 33 heavy (non-hydrogen) atoms. The largest absolute Gasteiger partial charge is 0.340 e. The molecular formula is C23H31N5O4S. The summed E-state index contributed by atoms with van der Waals surface area (Å²) in [5, 5.41) is 7.31. The fourth-order valence-electron chi connectivity index (χ4n) is 4.48. The lowest BCUT2D eigenvalue weighted by atomic mass is 10.1. The van der Waals surface area contributed by atoms with Gasteiger partial charge < -0.3 is 10.2 Å². The number of piperazine rings is 1. The van der Waals surface area contributed by atoms with Crippen molar-refractivity contribution in [3.8, 4) is 0 Å². The standard InChI is InChI=1S/C23H31N5O4S/c1-17-5-3-4-6-19(17)14-23(30)27-10-8-26(9-11-27)15-22(29)24-21-13-18(2)25-28(21)20-7-12-33(31,32)16-20/h3-6,13,20H,7-12,14-16H2,1-2H3,(H,24,29). The molecule has 1 atom stereocenters. The monoisotopic (exact) mass is 473 g/mol. The Kier molecular flexibility index (Phi) is 6.85. The number of hydrogen-bond donors (Lipinski definition) is 1. The van der Waals surface area contributed by atoms with E-state index in [1.54, 1.807) is 10.7 Å². The highest BCUT2D eigenvalue weighted by Gasteiger charge is 2.31. The molecule has 1 N–H and O–H groups in total. The predicted molar refractivity (Wildman–Crippen MR) is 126 cm³/mol. The van der Waals surface area contributed by atoms with Crippen molar-refractivity contribution in [1.82, 2.24) is 19.6 Å². The van der Waals surface area contributed by atoms with E-state index in [1.165, 1.54) is 0 Å². The van der Waals surface area contributed by atoms with Crippen molar-refractivity contribution in [3.05, 3.63) is 47.2 Å². The maximum atomic E-state index is 12.7. The van der Waals surface area contributed by atoms with Gasteiger partial charge in [0.25, 0.3) is 0 Å². The van der Waals surface area contributed by atoms with Crippen LogP contribution in [0.25, 0.3) is 0 Å². The third-order valence-electron chi connectivity index (χ3n) is 6.37. The molecule has 2 aliphatic heterocycles. The minimum atomic E-state index is -3.05. The first-order chi connectivity index (χ1) is 15.7. The number of anilines is 1. The van der Waals surface area contributed by atoms with E-state index in [1.807, 2.05) is 47.9 Å². The van der Waals surface area contributed by atoms with E-state index < -0.39 is 9.84 Å². The first-order valence-corrected chi connectivity index (χ1v) is 13.1. The number of carbonyl (C=O) groups excluding carboxylic acids is 2. The van der Waals surface area contributed by atoms with Crippen molar-refractivity contribution >= 4 is 27.5 Å². The van der Waals surface area contributed by atoms with E-state index in [0.717, 1.165) is 16.8 Å². The van der Waals surface area contributed by atoms with Gasteiger partial charge in [0.05, 0.1) is 36.2 Å². The second-order valence-electron chi connectivity index (χ2n) is 8.98. The molecule has 1 aromatic carbocycles. The van der Waals surface area contributed by atoms with Gasteiger partial charge in [-0.3, -0.25) is 14.5 Å². The Morgan fingerprint density at radius 2 is 1.85 bits per heavy atom. The van der Waals surface area contributed by atoms with Crippen LogP contribution in [0.1, 0.15) is 29.3 Å². The average Bonchev–Trinajstić information content (AvgIpc) is 3.31. The lowest BCUT2D eigenvalue weighted by Gasteiger charge is -2.34. The Balaban J connectivity index is 1.28. The van der Waals surface area contributed by atoms with Crippen LogP contribution in [0, 0.1) is 13.8 Å². The minimum absolute atomic E-state index is 0.0511. The maximum Gasteiger partial charge on any atom is 0.239 e. The highest BCUT2D eigenvalue weighted by Crippen LogP contribution is 2.27. The van der Waals surface area contributed by atoms with E-state index in [9.17, 15) is 18.0 Å². The third-order valence-corrected chi connectivity index (χ3v) is 8.13. The van der Waals surface area contributed by atoms with Crippen LogP contribution < -0.4 is 5.32 Å². The highest BCUT2D eigenvalue weighted by atomic mass is 32.2. The summed E-state index contributed by atoms with van der Waals surface area (Å²) in [6, 6.07) is 9.44. The zero-order chi connectivity index (χ0) is 23.6. The molecule has 2 fully saturated rings. The van der Waals surface area contributed by atoms with E-state index in [-0.39, 0.29) is 35.9 Å². The van der Waals surface area contributed by atoms with Gasteiger partial charge in [-0.25, -0.2) is 13.1 Å². The summed E-state index contributed by atoms with van der Waals surface area (Å²) < 4.78 is 25.3. The Morgan fingerprint density at radius 3 is 2.52 bits per heavy atom. The van der Waals surface area contributed by atoms with Gasteiger partial charge >= 0.3 is 0 Å². The number of amides is 2. The fourth-order valence-corrected chi connectivity index (χ4v) is 6.17. The molecular weight excluding hydrogens is 442 g/mol. The topological polar surface area (TPSA) is 105 Å². The van der Waals surface area contributed by atoms with Crippen LogP contribution in [0.2, 0.25) is 0 Å². The summed E-state index contributed by atoms with van der Waals surface area (Å²) in [5.74, 6) is 0.675. The maximum absolute atomic E-state index is 12.7. The second kappa shape index (κ2) is 9.64. The van der Waals surface area contributed by atoms with Gasteiger partial charge in [0, 0.05) is 32.2 Å². The van der Waals surface area contributed by atoms with Crippen LogP contribution in [0.3, 0.4) is 0 Å². The number of nitrogens with one attached hydrogen (secondary N) is 1. The third kappa shape index (κ3) is 5.80. The number of aryl methyl sites for hydroxylation is 2. The van der Waals surface area contributed by atoms with Crippen molar-refractivity contribution in [2.24, 2.45) is 0 Å². The summed E-state index contributed by atoms with van der Waals surface area (Å²) in [7, 11) is -3.05. The Bertz CT molecular complexity index is 1140. The second-order valence-corrected chi connectivity index (χ2v) is 11.2. The van der Waals surface area contributed by atoms with Crippen LogP contribution >= 0.6 is 0 Å². The van der Waals surface area contributed by atoms with Crippen molar-refractivity contribution in [2.45, 2.75) is 32.7 Å². The SMILES string of the molecule is Cc1cc(NC(=O)CN2CCN(C(=O)Cc3ccccc3C)CC2)n(C2CCS(=O)(=O)C2)n1. The molecule has 0 aliphatic carbocycles. The van der Waals surface area contributed by atoms with Crippen molar-refractivity contribution < 1.29 is 18.0 Å². The fraction of sp³-hybridized carbons (Fsp3) is 0.522. The Labute approximate surface area is 194 Å². The molecule has 2 amide bonds. The molecule has 0 bridgehead atoms. The summed E-state index contributed by atoms with van der Waals surface area (Å²) in [6.07, 6.45) is 0.901. The van der Waals surface area contributed by atoms with Gasteiger partial charge in [-0.15, -0.1) is 0 Å². The van der Waals surface area contributed by atoms with Gasteiger partial charge in [-0.05, 0) is 31.4 Å². The smallest absolute Gasteiger partial charge is 0.239 e. The molecule has 0 radical (unpaired) electrons. The molecule has 2 saturated heterocycles. The number of aromatic nitrogens is 2. The number of hydrogen-bond acceptors (Lipinski definition) is 6. The van der Waals surface area contributed by atoms with Gasteiger partial charge in [0.1, 0.15) is 5.82 Å². The van der Waals surface area contributed by atoms with Crippen LogP contribution in [0.4, 0.5) is 5.82 Å². The molecule has 178 valence electrons. The first kappa shape index (κ1) is 23.4. The van der Waals surface area contributed by atoms with Gasteiger partial charge in [0.15, 0.2) is 9.84 Å². The van der Waals surface area contributed by atoms with Gasteiger partial charge in [-0.2, -0.15) is 5.10 Å². The van der Waals surface area contributed by atoms with Crippen molar-refractivity contribution in [3.63, 3.8) is 0 Å². The van der Waals surface area contributed by atoms with Crippen LogP contribution in [-0.2, 0) is 25.8 Å². The highest BCUT2D eigenvalue weighted by molar-refractivity contribution is 7.91. The lowest BCUT2D eigenvalue weighted by Crippen LogP contribution is -2.50. The Hall–Kier alpha value is -2.72. The number of carbonyl (C=O) groups is 2. The molecule has 0 spiro atoms. The minimum Gasteiger partial charge on any atom is -0.340 e. The number of sulfone groups is 1. The zero-order valence-corrected chi connectivity index (χ0v) is 20.0. The zero-order valence-electron chi connectivity index (χ0n) is 19.2. The van der Waals surface area contributed by atoms with Crippen LogP contribution in [0.15, 0.2) is 30.3 Å². The van der Waals surface area contributed by atoms with Crippen molar-refractivity contribution in [1.29, 1.82) is 0 Å². The molecule has 0 saturated carbocycles. The quantitative estimate of drug-likeness (QED) is 0.676. The van der Waals surface area contributed by atoms with E-state index in [2.05, 4.69) is 10.4 Å². The number of rotatable bonds is 6. The van der Waals surface area contributed by atoms with Crippen molar-refractivity contribution in [2.75, 3.05) is 49.5 Å². The molecule has 2 aromatic rings. The summed E-state index contributed by atoms with van der Waals surface area (Å²) in [4.78, 5) is 29.3. The molecule has 3 heterocycles. The lowest BCUT2D eigenvalue weighted by molar-refractivity contribution is -0.132. The molecule has 1 aromatic heterocycles. The molecule has 4 rings (SSSR count). The predicted octanol–water partition coefficient (Wildman–Crippen LogP) is 1.18. The van der Waals surface area contributed by atoms with E-state index in [0.29, 0.717) is 44.8 Å². The summed E-state index contributed by atoms with van der Waals surface area (Å²) >= 11 is 0. The summed E-state index contributed by atoms with van der Waals surface area (Å²) in [5.41, 5.74) is 2.90. The van der Waals surface area contributed by atoms with Crippen LogP contribution in [0.5, 0.6) is 0 Å². The van der Waals surface area contributed by atoms with Crippen LogP contribution in [-0.4, -0.2) is 84.0 Å². The number of benzene rings is 1. The first-order valence-electron chi connectivity index (χ1n) is 11.3. The van der Waals surface area contributed by atoms with Gasteiger partial charge in [0.2, 0.25) is 11.8 Å². The molecule has 10 heteroatoms. The van der Waals surface area contributed by atoms with E-state index >= 15 is 0 Å². The molecule has 1 unspecified atom stereocenters. The van der Waals surface area contributed by atoms with Gasteiger partial charge in [-0.1, -0.05) is 24.3 Å². The normalized spacial score (nSPS) is 20.7. The molecule has 2 aliphatic rings. The Morgan fingerprint density at radius 1 is 1.12 bits per heavy atom. The summed E-state index contributed by atoms with van der Waals surface area (Å²) in [6.45, 7) is 6.50.